The van der Waals surface area contributed by atoms with E-state index in [0.717, 1.165) is 51.4 Å². The molecule has 1 saturated heterocycles. The number of unbranched alkanes of at least 4 members (excludes halogenated alkanes) is 33. The quantitative estimate of drug-likeness (QED) is 0.0352. The van der Waals surface area contributed by atoms with Gasteiger partial charge in [0.05, 0.1) is 12.6 Å². The third-order valence-electron chi connectivity index (χ3n) is 14.7. The molecule has 0 aromatic rings. The summed E-state index contributed by atoms with van der Waals surface area (Å²) in [6.45, 7) is 13.4. The molecule has 1 aliphatic heterocycles. The summed E-state index contributed by atoms with van der Waals surface area (Å²) in [4.78, 5) is 63.0. The van der Waals surface area contributed by atoms with Gasteiger partial charge in [-0.05, 0) is 19.3 Å². The highest BCUT2D eigenvalue weighted by molar-refractivity contribution is 5.76. The topological polar surface area (TPSA) is 153 Å². The minimum Gasteiger partial charge on any atom is -0.463 e. The Morgan fingerprint density at radius 3 is 1.24 bits per heavy atom. The van der Waals surface area contributed by atoms with Gasteiger partial charge in [0, 0.05) is 46.0 Å². The average molecular weight is 1020 g/mol. The number of nitrogens with one attached hydrogen (secondary N) is 1. The fourth-order valence-corrected chi connectivity index (χ4v) is 10.2. The predicted octanol–water partition coefficient (Wildman–Crippen LogP) is 15.3. The molecule has 8 atom stereocenters. The van der Waals surface area contributed by atoms with E-state index in [1.165, 1.54) is 201 Å². The second-order valence-corrected chi connectivity index (χ2v) is 21.6. The second-order valence-electron chi connectivity index (χ2n) is 21.6. The van der Waals surface area contributed by atoms with Gasteiger partial charge < -0.3 is 33.7 Å². The highest BCUT2D eigenvalue weighted by atomic mass is 16.7. The van der Waals surface area contributed by atoms with E-state index in [2.05, 4.69) is 19.2 Å². The first-order chi connectivity index (χ1) is 34.8. The van der Waals surface area contributed by atoms with Crippen molar-refractivity contribution in [1.82, 2.24) is 5.32 Å². The first-order valence-electron chi connectivity index (χ1n) is 30.0. The van der Waals surface area contributed by atoms with Gasteiger partial charge in [-0.15, -0.1) is 0 Å². The van der Waals surface area contributed by atoms with E-state index in [-0.39, 0.29) is 31.0 Å². The molecular formula is C60H111NO11. The lowest BCUT2D eigenvalue weighted by Gasteiger charge is -2.44. The van der Waals surface area contributed by atoms with Crippen LogP contribution in [0, 0.1) is 11.8 Å². The minimum absolute atomic E-state index is 0.125. The number of amides is 1. The minimum atomic E-state index is -1.03. The number of carbonyl (C=O) groups excluding carboxylic acids is 5. The normalized spacial score (nSPS) is 19.0. The monoisotopic (exact) mass is 1020 g/mol. The second kappa shape index (κ2) is 45.6. The van der Waals surface area contributed by atoms with Crippen LogP contribution in [0.1, 0.15) is 293 Å². The molecule has 0 aromatic carbocycles. The van der Waals surface area contributed by atoms with Crippen LogP contribution >= 0.6 is 0 Å². The van der Waals surface area contributed by atoms with Gasteiger partial charge >= 0.3 is 23.9 Å². The Balaban J connectivity index is 2.76. The SMILES string of the molecule is CCCCCCCCCCCCCCCCCCCCCCCCCC(=O)N[C@@H](COC1OC(COC(C)=O)C(OC(C)=O)C(C)C1C)[C@H](OC(C)=O)[C@@H](CCCCCCCCCCCCCC)OC(C)=O. The van der Waals surface area contributed by atoms with Crippen molar-refractivity contribution in [3.63, 3.8) is 0 Å². The van der Waals surface area contributed by atoms with Gasteiger partial charge in [0.2, 0.25) is 5.91 Å². The highest BCUT2D eigenvalue weighted by Gasteiger charge is 2.45. The van der Waals surface area contributed by atoms with Crippen LogP contribution < -0.4 is 5.32 Å². The fourth-order valence-electron chi connectivity index (χ4n) is 10.2. The van der Waals surface area contributed by atoms with Gasteiger partial charge in [-0.2, -0.15) is 0 Å². The molecule has 1 heterocycles. The fraction of sp³-hybridized carbons (Fsp3) is 0.917. The van der Waals surface area contributed by atoms with Crippen molar-refractivity contribution in [2.45, 2.75) is 330 Å². The molecule has 12 heteroatoms. The zero-order valence-electron chi connectivity index (χ0n) is 47.7. The average Bonchev–Trinajstić information content (AvgIpc) is 3.33. The van der Waals surface area contributed by atoms with Crippen molar-refractivity contribution in [3.8, 4) is 0 Å². The standard InChI is InChI=1S/C60H111NO11/c1-9-11-13-15-17-19-21-23-24-25-26-27-28-29-30-31-32-33-35-37-39-41-43-45-57(66)61-54(46-68-60-49(4)48(3)58(70-52(7)64)56(72-60)47-67-50(5)62)59(71-53(8)65)55(69-51(6)63)44-42-40-38-36-34-22-20-18-16-14-12-10-2/h48-49,54-56,58-60H,9-47H2,1-8H3,(H,61,66)/t48?,49?,54-,55+,56?,58?,59-,60?/m0/s1. The number of ether oxygens (including phenoxy) is 6. The van der Waals surface area contributed by atoms with Crippen LogP contribution in [-0.4, -0.2) is 79.7 Å². The Kier molecular flexibility index (Phi) is 42.7. The molecular weight excluding hydrogens is 911 g/mol. The molecule has 5 unspecified atom stereocenters. The van der Waals surface area contributed by atoms with Crippen molar-refractivity contribution >= 4 is 29.8 Å². The van der Waals surface area contributed by atoms with Crippen LogP contribution in [0.3, 0.4) is 0 Å². The number of rotatable bonds is 48. The van der Waals surface area contributed by atoms with Crippen molar-refractivity contribution in [2.75, 3.05) is 13.2 Å². The lowest BCUT2D eigenvalue weighted by atomic mass is 9.84. The molecule has 1 N–H and O–H groups in total. The van der Waals surface area contributed by atoms with E-state index in [1.807, 2.05) is 13.8 Å². The van der Waals surface area contributed by atoms with E-state index >= 15 is 0 Å². The zero-order valence-corrected chi connectivity index (χ0v) is 47.7. The van der Waals surface area contributed by atoms with Gasteiger partial charge in [-0.3, -0.25) is 24.0 Å². The molecule has 1 rings (SSSR count). The Hall–Kier alpha value is -2.73. The lowest BCUT2D eigenvalue weighted by Crippen LogP contribution is -2.56. The summed E-state index contributed by atoms with van der Waals surface area (Å²) in [5.74, 6) is -2.79. The molecule has 0 aromatic heterocycles. The molecule has 0 aliphatic carbocycles. The van der Waals surface area contributed by atoms with E-state index in [4.69, 9.17) is 28.4 Å². The number of hydrogen-bond donors (Lipinski definition) is 1. The Labute approximate surface area is 440 Å². The Morgan fingerprint density at radius 1 is 0.472 bits per heavy atom. The van der Waals surface area contributed by atoms with Crippen LogP contribution in [0.2, 0.25) is 0 Å². The number of carbonyl (C=O) groups is 5. The van der Waals surface area contributed by atoms with Gasteiger partial charge in [-0.1, -0.05) is 240 Å². The third kappa shape index (κ3) is 36.3. The zero-order chi connectivity index (χ0) is 53.0. The molecule has 0 bridgehead atoms. The smallest absolute Gasteiger partial charge is 0.303 e. The Morgan fingerprint density at radius 2 is 0.861 bits per heavy atom. The first-order valence-corrected chi connectivity index (χ1v) is 30.0. The molecule has 0 spiro atoms. The van der Waals surface area contributed by atoms with Crippen molar-refractivity contribution in [2.24, 2.45) is 11.8 Å². The summed E-state index contributed by atoms with van der Waals surface area (Å²) in [5.41, 5.74) is 0. The van der Waals surface area contributed by atoms with E-state index < -0.39 is 60.6 Å². The van der Waals surface area contributed by atoms with Gasteiger partial charge in [0.25, 0.3) is 0 Å². The van der Waals surface area contributed by atoms with Crippen molar-refractivity contribution in [3.05, 3.63) is 0 Å². The Bertz CT molecular complexity index is 1360. The van der Waals surface area contributed by atoms with Gasteiger partial charge in [-0.25, -0.2) is 0 Å². The van der Waals surface area contributed by atoms with Crippen LogP contribution in [0.5, 0.6) is 0 Å². The van der Waals surface area contributed by atoms with Gasteiger partial charge in [0.15, 0.2) is 12.4 Å². The molecule has 0 saturated carbocycles. The molecule has 0 radical (unpaired) electrons. The third-order valence-corrected chi connectivity index (χ3v) is 14.7. The molecule has 72 heavy (non-hydrogen) atoms. The highest BCUT2D eigenvalue weighted by Crippen LogP contribution is 2.34. The van der Waals surface area contributed by atoms with Crippen LogP contribution in [0.4, 0.5) is 0 Å². The maximum atomic E-state index is 13.7. The predicted molar refractivity (Wildman–Crippen MR) is 290 cm³/mol. The summed E-state index contributed by atoms with van der Waals surface area (Å²) in [5, 5.41) is 3.11. The molecule has 422 valence electrons. The number of hydrogen-bond acceptors (Lipinski definition) is 11. The van der Waals surface area contributed by atoms with Crippen LogP contribution in [0.25, 0.3) is 0 Å². The summed E-state index contributed by atoms with van der Waals surface area (Å²) < 4.78 is 35.6. The van der Waals surface area contributed by atoms with E-state index in [0.29, 0.717) is 12.8 Å². The summed E-state index contributed by atoms with van der Waals surface area (Å²) in [6, 6.07) is -0.878. The maximum absolute atomic E-state index is 13.7. The number of esters is 4. The van der Waals surface area contributed by atoms with Gasteiger partial charge in [0.1, 0.15) is 24.9 Å². The molecule has 1 aliphatic rings. The van der Waals surface area contributed by atoms with Crippen LogP contribution in [-0.2, 0) is 52.4 Å². The van der Waals surface area contributed by atoms with Crippen molar-refractivity contribution < 1.29 is 52.4 Å². The van der Waals surface area contributed by atoms with E-state index in [1.54, 1.807) is 0 Å². The van der Waals surface area contributed by atoms with Crippen molar-refractivity contribution in [1.29, 1.82) is 0 Å². The largest absolute Gasteiger partial charge is 0.463 e. The summed E-state index contributed by atoms with van der Waals surface area (Å²) >= 11 is 0. The summed E-state index contributed by atoms with van der Waals surface area (Å²) in [7, 11) is 0. The van der Waals surface area contributed by atoms with E-state index in [9.17, 15) is 24.0 Å². The lowest BCUT2D eigenvalue weighted by molar-refractivity contribution is -0.276. The summed E-state index contributed by atoms with van der Waals surface area (Å²) in [6.07, 6.45) is 40.6. The molecule has 12 nitrogen and oxygen atoms in total. The van der Waals surface area contributed by atoms with Crippen LogP contribution in [0.15, 0.2) is 0 Å². The molecule has 1 fully saturated rings. The molecule has 1 amide bonds. The maximum Gasteiger partial charge on any atom is 0.303 e. The first kappa shape index (κ1) is 67.3.